The highest BCUT2D eigenvalue weighted by Crippen LogP contribution is 2.29. The zero-order chi connectivity index (χ0) is 13.7. The van der Waals surface area contributed by atoms with E-state index < -0.39 is 0 Å². The quantitative estimate of drug-likeness (QED) is 0.858. The fraction of sp³-hybridized carbons (Fsp3) is 0.571. The van der Waals surface area contributed by atoms with Gasteiger partial charge in [-0.3, -0.25) is 4.90 Å². The lowest BCUT2D eigenvalue weighted by Crippen LogP contribution is -2.32. The van der Waals surface area contributed by atoms with Gasteiger partial charge in [-0.05, 0) is 49.7 Å². The fourth-order valence-electron chi connectivity index (χ4n) is 1.93. The normalized spacial score (nSPS) is 13.3. The summed E-state index contributed by atoms with van der Waals surface area (Å²) >= 11 is 12.3. The van der Waals surface area contributed by atoms with Crippen LogP contribution in [0.3, 0.4) is 0 Å². The van der Waals surface area contributed by atoms with E-state index in [1.807, 2.05) is 12.1 Å². The maximum Gasteiger partial charge on any atom is 0.0482 e. The molecular formula is C14H22Cl2N2. The zero-order valence-electron chi connectivity index (χ0n) is 11.3. The molecule has 0 bridgehead atoms. The zero-order valence-corrected chi connectivity index (χ0v) is 12.8. The van der Waals surface area contributed by atoms with Gasteiger partial charge in [-0.25, -0.2) is 0 Å². The molecule has 102 valence electrons. The number of nitrogens with zero attached hydrogens (tertiary/aromatic N) is 1. The number of nitrogens with two attached hydrogens (primary N) is 1. The standard InChI is InChI=1S/C14H22Cl2N2/c1-10(2)6-7-18(3)14(9-17)12-8-11(15)4-5-13(12)16/h4-5,8,10,14H,6-7,9,17H2,1-3H3. The van der Waals surface area contributed by atoms with Gasteiger partial charge in [-0.1, -0.05) is 37.0 Å². The summed E-state index contributed by atoms with van der Waals surface area (Å²) in [6, 6.07) is 5.66. The van der Waals surface area contributed by atoms with Crippen molar-refractivity contribution in [2.24, 2.45) is 11.7 Å². The summed E-state index contributed by atoms with van der Waals surface area (Å²) < 4.78 is 0. The van der Waals surface area contributed by atoms with Crippen LogP contribution in [0.4, 0.5) is 0 Å². The molecule has 0 aliphatic carbocycles. The summed E-state index contributed by atoms with van der Waals surface area (Å²) in [5.41, 5.74) is 6.90. The third-order valence-corrected chi connectivity index (χ3v) is 3.71. The molecule has 0 aliphatic rings. The predicted octanol–water partition coefficient (Wildman–Crippen LogP) is 3.97. The van der Waals surface area contributed by atoms with Gasteiger partial charge in [0.05, 0.1) is 0 Å². The van der Waals surface area contributed by atoms with Gasteiger partial charge in [-0.15, -0.1) is 0 Å². The van der Waals surface area contributed by atoms with E-state index in [9.17, 15) is 0 Å². The first-order valence-corrected chi connectivity index (χ1v) is 7.06. The Morgan fingerprint density at radius 1 is 1.28 bits per heavy atom. The van der Waals surface area contributed by atoms with Crippen molar-refractivity contribution in [1.82, 2.24) is 4.90 Å². The van der Waals surface area contributed by atoms with Gasteiger partial charge in [0, 0.05) is 22.6 Å². The van der Waals surface area contributed by atoms with Crippen molar-refractivity contribution in [3.05, 3.63) is 33.8 Å². The van der Waals surface area contributed by atoms with Crippen molar-refractivity contribution in [2.45, 2.75) is 26.3 Å². The van der Waals surface area contributed by atoms with Gasteiger partial charge in [0.25, 0.3) is 0 Å². The van der Waals surface area contributed by atoms with E-state index in [0.717, 1.165) is 23.6 Å². The Morgan fingerprint density at radius 3 is 2.50 bits per heavy atom. The molecule has 1 atom stereocenters. The molecule has 0 saturated heterocycles. The average Bonchev–Trinajstić information content (AvgIpc) is 2.32. The number of likely N-dealkylation sites (N-methyl/N-ethyl adjacent to an activating group) is 1. The van der Waals surface area contributed by atoms with Crippen molar-refractivity contribution in [3.63, 3.8) is 0 Å². The lowest BCUT2D eigenvalue weighted by atomic mass is 10.0. The summed E-state index contributed by atoms with van der Waals surface area (Å²) in [6.07, 6.45) is 1.14. The molecule has 2 nitrogen and oxygen atoms in total. The second-order valence-electron chi connectivity index (χ2n) is 5.08. The summed E-state index contributed by atoms with van der Waals surface area (Å²) in [5.74, 6) is 0.681. The van der Waals surface area contributed by atoms with Crippen LogP contribution in [-0.2, 0) is 0 Å². The Hall–Kier alpha value is -0.280. The second kappa shape index (κ2) is 7.34. The van der Waals surface area contributed by atoms with E-state index in [0.29, 0.717) is 17.5 Å². The third kappa shape index (κ3) is 4.43. The van der Waals surface area contributed by atoms with Crippen LogP contribution in [0.25, 0.3) is 0 Å². The number of rotatable bonds is 6. The van der Waals surface area contributed by atoms with Crippen molar-refractivity contribution in [3.8, 4) is 0 Å². The molecule has 0 fully saturated rings. The molecular weight excluding hydrogens is 267 g/mol. The minimum Gasteiger partial charge on any atom is -0.329 e. The molecule has 0 saturated carbocycles. The van der Waals surface area contributed by atoms with Crippen molar-refractivity contribution < 1.29 is 0 Å². The fourth-order valence-corrected chi connectivity index (χ4v) is 2.36. The first-order valence-electron chi connectivity index (χ1n) is 6.31. The van der Waals surface area contributed by atoms with Crippen LogP contribution in [0.1, 0.15) is 31.9 Å². The summed E-state index contributed by atoms with van der Waals surface area (Å²) in [7, 11) is 2.08. The van der Waals surface area contributed by atoms with Gasteiger partial charge in [0.1, 0.15) is 0 Å². The van der Waals surface area contributed by atoms with Crippen LogP contribution in [-0.4, -0.2) is 25.0 Å². The first-order chi connectivity index (χ1) is 8.45. The molecule has 0 radical (unpaired) electrons. The van der Waals surface area contributed by atoms with Crippen LogP contribution in [0.5, 0.6) is 0 Å². The van der Waals surface area contributed by atoms with Crippen LogP contribution in [0.2, 0.25) is 10.0 Å². The molecule has 0 spiro atoms. The van der Waals surface area contributed by atoms with E-state index in [1.165, 1.54) is 0 Å². The highest BCUT2D eigenvalue weighted by molar-refractivity contribution is 6.33. The molecule has 2 N–H and O–H groups in total. The van der Waals surface area contributed by atoms with Crippen molar-refractivity contribution >= 4 is 23.2 Å². The molecule has 4 heteroatoms. The molecule has 0 heterocycles. The van der Waals surface area contributed by atoms with Crippen LogP contribution >= 0.6 is 23.2 Å². The predicted molar refractivity (Wildman–Crippen MR) is 80.3 cm³/mol. The second-order valence-corrected chi connectivity index (χ2v) is 5.92. The Morgan fingerprint density at radius 2 is 1.94 bits per heavy atom. The van der Waals surface area contributed by atoms with Crippen molar-refractivity contribution in [1.29, 1.82) is 0 Å². The molecule has 0 aromatic heterocycles. The van der Waals surface area contributed by atoms with E-state index in [4.69, 9.17) is 28.9 Å². The van der Waals surface area contributed by atoms with E-state index >= 15 is 0 Å². The molecule has 0 amide bonds. The molecule has 1 aromatic carbocycles. The van der Waals surface area contributed by atoms with E-state index in [1.54, 1.807) is 6.07 Å². The Balaban J connectivity index is 2.84. The maximum atomic E-state index is 6.24. The van der Waals surface area contributed by atoms with Gasteiger partial charge in [-0.2, -0.15) is 0 Å². The Labute approximate surface area is 120 Å². The maximum absolute atomic E-state index is 6.24. The molecule has 1 aromatic rings. The minimum absolute atomic E-state index is 0.120. The monoisotopic (exact) mass is 288 g/mol. The van der Waals surface area contributed by atoms with Gasteiger partial charge >= 0.3 is 0 Å². The average molecular weight is 289 g/mol. The van der Waals surface area contributed by atoms with E-state index in [-0.39, 0.29) is 6.04 Å². The largest absolute Gasteiger partial charge is 0.329 e. The number of hydrogen-bond donors (Lipinski definition) is 1. The lowest BCUT2D eigenvalue weighted by molar-refractivity contribution is 0.236. The Kier molecular flexibility index (Phi) is 6.44. The summed E-state index contributed by atoms with van der Waals surface area (Å²) in [6.45, 7) is 5.98. The smallest absolute Gasteiger partial charge is 0.0482 e. The molecule has 1 unspecified atom stereocenters. The van der Waals surface area contributed by atoms with Crippen LogP contribution in [0.15, 0.2) is 18.2 Å². The SMILES string of the molecule is CC(C)CCN(C)C(CN)c1cc(Cl)ccc1Cl. The summed E-state index contributed by atoms with van der Waals surface area (Å²) in [4.78, 5) is 2.25. The van der Waals surface area contributed by atoms with Gasteiger partial charge in [0.2, 0.25) is 0 Å². The molecule has 18 heavy (non-hydrogen) atoms. The summed E-state index contributed by atoms with van der Waals surface area (Å²) in [5, 5.41) is 1.43. The first kappa shape index (κ1) is 15.8. The van der Waals surface area contributed by atoms with Crippen LogP contribution < -0.4 is 5.73 Å². The van der Waals surface area contributed by atoms with Crippen LogP contribution in [0, 0.1) is 5.92 Å². The lowest BCUT2D eigenvalue weighted by Gasteiger charge is -2.28. The van der Waals surface area contributed by atoms with Gasteiger partial charge < -0.3 is 5.73 Å². The molecule has 1 rings (SSSR count). The highest BCUT2D eigenvalue weighted by Gasteiger charge is 2.18. The number of benzene rings is 1. The Bertz CT molecular complexity index is 380. The van der Waals surface area contributed by atoms with Crippen molar-refractivity contribution in [2.75, 3.05) is 20.1 Å². The van der Waals surface area contributed by atoms with Gasteiger partial charge in [0.15, 0.2) is 0 Å². The highest BCUT2D eigenvalue weighted by atomic mass is 35.5. The minimum atomic E-state index is 0.120. The van der Waals surface area contributed by atoms with E-state index in [2.05, 4.69) is 25.8 Å². The number of halogens is 2. The number of hydrogen-bond acceptors (Lipinski definition) is 2. The molecule has 0 aliphatic heterocycles. The topological polar surface area (TPSA) is 29.3 Å². The third-order valence-electron chi connectivity index (χ3n) is 3.13.